The van der Waals surface area contributed by atoms with Crippen molar-refractivity contribution in [1.29, 1.82) is 0 Å². The number of rotatable bonds is 7. The van der Waals surface area contributed by atoms with Gasteiger partial charge in [-0.2, -0.15) is 14.6 Å². The summed E-state index contributed by atoms with van der Waals surface area (Å²) in [5.41, 5.74) is 4.46. The summed E-state index contributed by atoms with van der Waals surface area (Å²) in [6.07, 6.45) is 0.951. The number of anilines is 1. The molecule has 180 valence electrons. The molecule has 9 heteroatoms. The van der Waals surface area contributed by atoms with Crippen LogP contribution in [0.15, 0.2) is 48.5 Å². The first-order valence-corrected chi connectivity index (χ1v) is 12.2. The summed E-state index contributed by atoms with van der Waals surface area (Å²) in [6, 6.07) is 16.0. The number of carbonyl (C=O) groups excluding carboxylic acids is 1. The van der Waals surface area contributed by atoms with Gasteiger partial charge in [0.05, 0.1) is 10.6 Å². The van der Waals surface area contributed by atoms with Crippen LogP contribution < -0.4 is 16.0 Å². The highest BCUT2D eigenvalue weighted by Gasteiger charge is 2.44. The maximum Gasteiger partial charge on any atom is 0.249 e. The SMILES string of the molecule is CCNC1(C(=O)Nc2nc(C)nc3c(-c4ccc(CC)cc4)c(-c4ccccc4Cl)nn23)CNC1. The number of hydrogen-bond acceptors (Lipinski definition) is 6. The number of hydrogen-bond donors (Lipinski definition) is 3. The maximum absolute atomic E-state index is 13.3. The molecule has 0 atom stereocenters. The van der Waals surface area contributed by atoms with Gasteiger partial charge in [0.1, 0.15) is 17.1 Å². The summed E-state index contributed by atoms with van der Waals surface area (Å²) in [4.78, 5) is 22.6. The first kappa shape index (κ1) is 23.4. The quantitative estimate of drug-likeness (QED) is 0.364. The van der Waals surface area contributed by atoms with Gasteiger partial charge in [-0.3, -0.25) is 10.1 Å². The topological polar surface area (TPSA) is 96.2 Å². The minimum atomic E-state index is -0.669. The Kier molecular flexibility index (Phi) is 6.27. The second kappa shape index (κ2) is 9.37. The van der Waals surface area contributed by atoms with Crippen molar-refractivity contribution in [3.05, 3.63) is 64.9 Å². The molecule has 1 saturated heterocycles. The van der Waals surface area contributed by atoms with E-state index in [0.29, 0.717) is 47.8 Å². The van der Waals surface area contributed by atoms with Crippen LogP contribution in [-0.2, 0) is 11.2 Å². The summed E-state index contributed by atoms with van der Waals surface area (Å²) in [7, 11) is 0. The molecule has 35 heavy (non-hydrogen) atoms. The molecule has 0 spiro atoms. The average molecular weight is 490 g/mol. The van der Waals surface area contributed by atoms with Gasteiger partial charge in [-0.15, -0.1) is 0 Å². The van der Waals surface area contributed by atoms with Gasteiger partial charge >= 0.3 is 0 Å². The zero-order chi connectivity index (χ0) is 24.6. The second-order valence-electron chi connectivity index (χ2n) is 8.75. The highest BCUT2D eigenvalue weighted by molar-refractivity contribution is 6.33. The number of likely N-dealkylation sites (N-methyl/N-ethyl adjacent to an activating group) is 1. The smallest absolute Gasteiger partial charge is 0.249 e. The molecule has 0 radical (unpaired) electrons. The van der Waals surface area contributed by atoms with Gasteiger partial charge in [-0.1, -0.05) is 67.9 Å². The number of carbonyl (C=O) groups is 1. The minimum absolute atomic E-state index is 0.152. The largest absolute Gasteiger partial charge is 0.312 e. The molecule has 3 heterocycles. The van der Waals surface area contributed by atoms with Gasteiger partial charge in [-0.25, -0.2) is 4.98 Å². The van der Waals surface area contributed by atoms with Crippen LogP contribution in [0.25, 0.3) is 28.0 Å². The molecule has 1 aliphatic rings. The van der Waals surface area contributed by atoms with E-state index in [0.717, 1.165) is 23.1 Å². The minimum Gasteiger partial charge on any atom is -0.312 e. The summed E-state index contributed by atoms with van der Waals surface area (Å²) in [6.45, 7) is 7.72. The number of aromatic nitrogens is 4. The molecular formula is C26H28ClN7O. The molecule has 1 amide bonds. The van der Waals surface area contributed by atoms with Crippen molar-refractivity contribution in [2.75, 3.05) is 25.0 Å². The zero-order valence-electron chi connectivity index (χ0n) is 20.0. The highest BCUT2D eigenvalue weighted by Crippen LogP contribution is 2.38. The van der Waals surface area contributed by atoms with Crippen molar-refractivity contribution < 1.29 is 4.79 Å². The lowest BCUT2D eigenvalue weighted by Gasteiger charge is -2.41. The van der Waals surface area contributed by atoms with Crippen LogP contribution in [0.1, 0.15) is 25.2 Å². The fourth-order valence-electron chi connectivity index (χ4n) is 4.44. The van der Waals surface area contributed by atoms with E-state index in [-0.39, 0.29) is 5.91 Å². The van der Waals surface area contributed by atoms with E-state index >= 15 is 0 Å². The van der Waals surface area contributed by atoms with Crippen LogP contribution >= 0.6 is 11.6 Å². The van der Waals surface area contributed by atoms with Crippen molar-refractivity contribution in [1.82, 2.24) is 30.2 Å². The number of benzene rings is 2. The van der Waals surface area contributed by atoms with Gasteiger partial charge in [-0.05, 0) is 37.1 Å². The predicted molar refractivity (Wildman–Crippen MR) is 139 cm³/mol. The molecule has 2 aromatic heterocycles. The number of nitrogens with one attached hydrogen (secondary N) is 3. The van der Waals surface area contributed by atoms with E-state index in [4.69, 9.17) is 21.7 Å². The van der Waals surface area contributed by atoms with Crippen LogP contribution in [0.2, 0.25) is 5.02 Å². The lowest BCUT2D eigenvalue weighted by Crippen LogP contribution is -2.73. The van der Waals surface area contributed by atoms with E-state index < -0.39 is 5.54 Å². The Bertz CT molecular complexity index is 1390. The summed E-state index contributed by atoms with van der Waals surface area (Å²) in [5.74, 6) is 0.710. The van der Waals surface area contributed by atoms with E-state index in [9.17, 15) is 4.79 Å². The van der Waals surface area contributed by atoms with Crippen molar-refractivity contribution in [2.24, 2.45) is 0 Å². The normalized spacial score (nSPS) is 14.6. The molecular weight excluding hydrogens is 462 g/mol. The van der Waals surface area contributed by atoms with Crippen molar-refractivity contribution >= 4 is 29.1 Å². The van der Waals surface area contributed by atoms with Crippen LogP contribution in [0.4, 0.5) is 5.95 Å². The fourth-order valence-corrected chi connectivity index (χ4v) is 4.66. The Morgan fingerprint density at radius 1 is 1.11 bits per heavy atom. The number of aryl methyl sites for hydroxylation is 2. The number of fused-ring (bicyclic) bond motifs is 1. The Morgan fingerprint density at radius 2 is 1.86 bits per heavy atom. The van der Waals surface area contributed by atoms with Crippen molar-refractivity contribution in [2.45, 2.75) is 32.7 Å². The first-order valence-electron chi connectivity index (χ1n) is 11.8. The Balaban J connectivity index is 1.70. The van der Waals surface area contributed by atoms with E-state index in [1.54, 1.807) is 4.52 Å². The molecule has 3 N–H and O–H groups in total. The second-order valence-corrected chi connectivity index (χ2v) is 9.16. The number of amides is 1. The van der Waals surface area contributed by atoms with Crippen LogP contribution in [-0.4, -0.2) is 50.7 Å². The van der Waals surface area contributed by atoms with Crippen LogP contribution in [0.5, 0.6) is 0 Å². The van der Waals surface area contributed by atoms with Crippen LogP contribution in [0.3, 0.4) is 0 Å². The third kappa shape index (κ3) is 4.18. The molecule has 0 unspecified atom stereocenters. The van der Waals surface area contributed by atoms with Crippen molar-refractivity contribution in [3.8, 4) is 22.4 Å². The number of halogens is 1. The summed E-state index contributed by atoms with van der Waals surface area (Å²) >= 11 is 6.60. The number of nitrogens with zero attached hydrogens (tertiary/aromatic N) is 4. The third-order valence-electron chi connectivity index (χ3n) is 6.41. The Morgan fingerprint density at radius 3 is 2.49 bits per heavy atom. The molecule has 2 aromatic carbocycles. The van der Waals surface area contributed by atoms with Crippen molar-refractivity contribution in [3.63, 3.8) is 0 Å². The monoisotopic (exact) mass is 489 g/mol. The fraction of sp³-hybridized carbons (Fsp3) is 0.308. The molecule has 5 rings (SSSR count). The zero-order valence-corrected chi connectivity index (χ0v) is 20.8. The lowest BCUT2D eigenvalue weighted by molar-refractivity contribution is -0.124. The maximum atomic E-state index is 13.3. The molecule has 0 aliphatic carbocycles. The first-order chi connectivity index (χ1) is 17.0. The van der Waals surface area contributed by atoms with E-state index in [1.165, 1.54) is 5.56 Å². The lowest BCUT2D eigenvalue weighted by atomic mass is 9.91. The molecule has 0 saturated carbocycles. The summed E-state index contributed by atoms with van der Waals surface area (Å²) < 4.78 is 1.61. The molecule has 4 aromatic rings. The van der Waals surface area contributed by atoms with Crippen LogP contribution in [0, 0.1) is 6.92 Å². The standard InChI is InChI=1S/C26H28ClN7O/c1-4-17-10-12-18(13-11-17)21-22(19-8-6-7-9-20(19)27)33-34-23(21)30-16(3)31-25(34)32-24(35)26(29-5-2)14-28-15-26/h6-13,28-29H,4-5,14-15H2,1-3H3,(H,30,31,32,35). The molecule has 8 nitrogen and oxygen atoms in total. The predicted octanol–water partition coefficient (Wildman–Crippen LogP) is 3.87. The molecule has 0 bridgehead atoms. The average Bonchev–Trinajstić information content (AvgIpc) is 3.20. The molecule has 1 fully saturated rings. The summed E-state index contributed by atoms with van der Waals surface area (Å²) in [5, 5.41) is 15.0. The highest BCUT2D eigenvalue weighted by atomic mass is 35.5. The van der Waals surface area contributed by atoms with Gasteiger partial charge in [0.25, 0.3) is 0 Å². The van der Waals surface area contributed by atoms with Gasteiger partial charge in [0.15, 0.2) is 5.65 Å². The van der Waals surface area contributed by atoms with Gasteiger partial charge < -0.3 is 10.6 Å². The van der Waals surface area contributed by atoms with Gasteiger partial charge in [0, 0.05) is 18.7 Å². The molecule has 1 aliphatic heterocycles. The van der Waals surface area contributed by atoms with Gasteiger partial charge in [0.2, 0.25) is 11.9 Å². The Hall–Kier alpha value is -3.33. The Labute approximate surface area is 209 Å². The van der Waals surface area contributed by atoms with E-state index in [2.05, 4.69) is 52.1 Å². The van der Waals surface area contributed by atoms with E-state index in [1.807, 2.05) is 38.1 Å². The third-order valence-corrected chi connectivity index (χ3v) is 6.74.